The Bertz CT molecular complexity index is 477. The summed E-state index contributed by atoms with van der Waals surface area (Å²) in [6, 6.07) is 0. The van der Waals surface area contributed by atoms with Crippen molar-refractivity contribution in [1.82, 2.24) is 0 Å². The van der Waals surface area contributed by atoms with E-state index >= 15 is 0 Å². The number of esters is 1. The number of rotatable bonds is 9. The maximum Gasteiger partial charge on any atom is 0.312 e. The van der Waals surface area contributed by atoms with Crippen LogP contribution in [0, 0.1) is 22.7 Å². The lowest BCUT2D eigenvalue weighted by atomic mass is 9.49. The van der Waals surface area contributed by atoms with E-state index in [1.54, 1.807) is 0 Å². The second-order valence-corrected chi connectivity index (χ2v) is 10.7. The molecule has 3 saturated carbocycles. The third-order valence-electron chi connectivity index (χ3n) is 9.32. The SMILES string of the molecule is CCCCCCOC(=O)C1(C2(CC)CCC(C3CCCCC3)CC2)CCCCC1. The molecular weight excluding hydrogens is 356 g/mol. The predicted octanol–water partition coefficient (Wildman–Crippen LogP) is 8.23. The molecule has 0 amide bonds. The van der Waals surface area contributed by atoms with E-state index in [0.29, 0.717) is 6.61 Å². The molecule has 0 unspecified atom stereocenters. The van der Waals surface area contributed by atoms with Crippen LogP contribution in [0.15, 0.2) is 0 Å². The molecule has 2 nitrogen and oxygen atoms in total. The van der Waals surface area contributed by atoms with Crippen LogP contribution >= 0.6 is 0 Å². The highest BCUT2D eigenvalue weighted by Crippen LogP contribution is 2.60. The van der Waals surface area contributed by atoms with E-state index in [2.05, 4.69) is 13.8 Å². The first-order valence-corrected chi connectivity index (χ1v) is 13.3. The molecule has 0 aromatic carbocycles. The molecule has 0 N–H and O–H groups in total. The van der Waals surface area contributed by atoms with Crippen LogP contribution < -0.4 is 0 Å². The summed E-state index contributed by atoms with van der Waals surface area (Å²) in [6.45, 7) is 5.24. The lowest BCUT2D eigenvalue weighted by Gasteiger charge is -2.54. The third-order valence-corrected chi connectivity index (χ3v) is 9.32. The fourth-order valence-electron chi connectivity index (χ4n) is 7.38. The molecule has 3 aliphatic rings. The number of hydrogen-bond donors (Lipinski definition) is 0. The first-order valence-electron chi connectivity index (χ1n) is 13.3. The number of hydrogen-bond acceptors (Lipinski definition) is 2. The van der Waals surface area contributed by atoms with Crippen molar-refractivity contribution in [2.45, 2.75) is 136 Å². The highest BCUT2D eigenvalue weighted by Gasteiger charge is 2.57. The van der Waals surface area contributed by atoms with Crippen LogP contribution in [-0.4, -0.2) is 12.6 Å². The van der Waals surface area contributed by atoms with Gasteiger partial charge in [0.2, 0.25) is 0 Å². The average Bonchev–Trinajstić information content (AvgIpc) is 2.80. The van der Waals surface area contributed by atoms with Crippen molar-refractivity contribution in [3.05, 3.63) is 0 Å². The van der Waals surface area contributed by atoms with Crippen LogP contribution in [0.2, 0.25) is 0 Å². The maximum atomic E-state index is 13.6. The minimum atomic E-state index is -0.178. The van der Waals surface area contributed by atoms with Crippen LogP contribution in [0.4, 0.5) is 0 Å². The lowest BCUT2D eigenvalue weighted by Crippen LogP contribution is -2.51. The molecule has 168 valence electrons. The van der Waals surface area contributed by atoms with Crippen molar-refractivity contribution < 1.29 is 9.53 Å². The van der Waals surface area contributed by atoms with Crippen molar-refractivity contribution in [3.63, 3.8) is 0 Å². The molecular formula is C27H48O2. The second kappa shape index (κ2) is 11.2. The van der Waals surface area contributed by atoms with Gasteiger partial charge >= 0.3 is 5.97 Å². The van der Waals surface area contributed by atoms with Crippen LogP contribution in [0.1, 0.15) is 136 Å². The van der Waals surface area contributed by atoms with Crippen molar-refractivity contribution in [2.75, 3.05) is 6.61 Å². The molecule has 0 saturated heterocycles. The predicted molar refractivity (Wildman–Crippen MR) is 122 cm³/mol. The third kappa shape index (κ3) is 5.21. The molecule has 2 heteroatoms. The molecule has 0 spiro atoms. The van der Waals surface area contributed by atoms with E-state index in [1.165, 1.54) is 96.3 Å². The normalized spacial score (nSPS) is 30.8. The Morgan fingerprint density at radius 2 is 1.38 bits per heavy atom. The van der Waals surface area contributed by atoms with Gasteiger partial charge in [-0.05, 0) is 68.6 Å². The number of unbranched alkanes of at least 4 members (excludes halogenated alkanes) is 3. The van der Waals surface area contributed by atoms with Gasteiger partial charge in [0.1, 0.15) is 0 Å². The fraction of sp³-hybridized carbons (Fsp3) is 0.963. The van der Waals surface area contributed by atoms with Gasteiger partial charge in [-0.3, -0.25) is 4.79 Å². The Balaban J connectivity index is 1.66. The zero-order chi connectivity index (χ0) is 20.6. The second-order valence-electron chi connectivity index (χ2n) is 10.7. The highest BCUT2D eigenvalue weighted by atomic mass is 16.5. The van der Waals surface area contributed by atoms with Gasteiger partial charge in [0.15, 0.2) is 0 Å². The zero-order valence-electron chi connectivity index (χ0n) is 19.6. The maximum absolute atomic E-state index is 13.6. The van der Waals surface area contributed by atoms with E-state index in [0.717, 1.165) is 37.5 Å². The average molecular weight is 405 g/mol. The molecule has 0 atom stereocenters. The van der Waals surface area contributed by atoms with E-state index in [1.807, 2.05) is 0 Å². The summed E-state index contributed by atoms with van der Waals surface area (Å²) in [5.74, 6) is 2.10. The molecule has 3 rings (SSSR count). The summed E-state index contributed by atoms with van der Waals surface area (Å²) >= 11 is 0. The van der Waals surface area contributed by atoms with Gasteiger partial charge in [0.05, 0.1) is 12.0 Å². The minimum absolute atomic E-state index is 0.178. The molecule has 0 aliphatic heterocycles. The number of ether oxygens (including phenoxy) is 1. The highest BCUT2D eigenvalue weighted by molar-refractivity contribution is 5.78. The Kier molecular flexibility index (Phi) is 8.93. The monoisotopic (exact) mass is 404 g/mol. The Morgan fingerprint density at radius 1 is 0.759 bits per heavy atom. The molecule has 0 bridgehead atoms. The zero-order valence-corrected chi connectivity index (χ0v) is 19.6. The van der Waals surface area contributed by atoms with E-state index in [-0.39, 0.29) is 16.8 Å². The fourth-order valence-corrected chi connectivity index (χ4v) is 7.38. The van der Waals surface area contributed by atoms with Crippen molar-refractivity contribution >= 4 is 5.97 Å². The Morgan fingerprint density at radius 3 is 2.00 bits per heavy atom. The van der Waals surface area contributed by atoms with E-state index in [4.69, 9.17) is 4.74 Å². The summed E-state index contributed by atoms with van der Waals surface area (Å²) < 4.78 is 6.02. The summed E-state index contributed by atoms with van der Waals surface area (Å²) in [4.78, 5) is 13.6. The van der Waals surface area contributed by atoms with Crippen LogP contribution in [-0.2, 0) is 9.53 Å². The summed E-state index contributed by atoms with van der Waals surface area (Å²) in [7, 11) is 0. The number of carbonyl (C=O) groups is 1. The molecule has 3 aliphatic carbocycles. The van der Waals surface area contributed by atoms with E-state index in [9.17, 15) is 4.79 Å². The van der Waals surface area contributed by atoms with Gasteiger partial charge in [0.25, 0.3) is 0 Å². The van der Waals surface area contributed by atoms with Gasteiger partial charge in [-0.15, -0.1) is 0 Å². The van der Waals surface area contributed by atoms with Crippen molar-refractivity contribution in [3.8, 4) is 0 Å². The minimum Gasteiger partial charge on any atom is -0.465 e. The first kappa shape index (κ1) is 23.1. The van der Waals surface area contributed by atoms with Crippen molar-refractivity contribution in [1.29, 1.82) is 0 Å². The van der Waals surface area contributed by atoms with Gasteiger partial charge in [-0.2, -0.15) is 0 Å². The van der Waals surface area contributed by atoms with Gasteiger partial charge < -0.3 is 4.74 Å². The van der Waals surface area contributed by atoms with E-state index < -0.39 is 0 Å². The molecule has 0 radical (unpaired) electrons. The van der Waals surface area contributed by atoms with Crippen LogP contribution in [0.25, 0.3) is 0 Å². The van der Waals surface area contributed by atoms with Crippen LogP contribution in [0.5, 0.6) is 0 Å². The standard InChI is InChI=1S/C27H48O2/c1-3-5-6-13-22-29-25(28)27(18-11-8-12-19-27)26(4-2)20-16-24(17-21-26)23-14-9-7-10-15-23/h23-24H,3-22H2,1-2H3. The molecule has 29 heavy (non-hydrogen) atoms. The molecule has 3 fully saturated rings. The summed E-state index contributed by atoms with van der Waals surface area (Å²) in [6.07, 6.45) is 24.4. The van der Waals surface area contributed by atoms with Crippen LogP contribution in [0.3, 0.4) is 0 Å². The largest absolute Gasteiger partial charge is 0.465 e. The summed E-state index contributed by atoms with van der Waals surface area (Å²) in [5.41, 5.74) is 0.0291. The Hall–Kier alpha value is -0.530. The lowest BCUT2D eigenvalue weighted by molar-refractivity contribution is -0.175. The first-order chi connectivity index (χ1) is 14.2. The number of carbonyl (C=O) groups excluding carboxylic acids is 1. The van der Waals surface area contributed by atoms with Gasteiger partial charge in [-0.1, -0.05) is 84.5 Å². The molecule has 0 aromatic heterocycles. The summed E-state index contributed by atoms with van der Waals surface area (Å²) in [5, 5.41) is 0. The molecule has 0 heterocycles. The Labute approximate surface area is 180 Å². The van der Waals surface area contributed by atoms with Crippen molar-refractivity contribution in [2.24, 2.45) is 22.7 Å². The topological polar surface area (TPSA) is 26.3 Å². The van der Waals surface area contributed by atoms with Gasteiger partial charge in [0, 0.05) is 0 Å². The quantitative estimate of drug-likeness (QED) is 0.286. The molecule has 0 aromatic rings. The van der Waals surface area contributed by atoms with Gasteiger partial charge in [-0.25, -0.2) is 0 Å². The smallest absolute Gasteiger partial charge is 0.312 e.